The van der Waals surface area contributed by atoms with Crippen LogP contribution in [0.15, 0.2) is 18.2 Å². The largest absolute Gasteiger partial charge is 0.399 e. The van der Waals surface area contributed by atoms with Crippen LogP contribution in [0.4, 0.5) is 11.4 Å². The van der Waals surface area contributed by atoms with Crippen LogP contribution in [0.3, 0.4) is 0 Å². The second-order valence-electron chi connectivity index (χ2n) is 4.61. The van der Waals surface area contributed by atoms with Gasteiger partial charge in [0.05, 0.1) is 0 Å². The molecule has 0 radical (unpaired) electrons. The van der Waals surface area contributed by atoms with Crippen molar-refractivity contribution < 1.29 is 0 Å². The Balaban J connectivity index is 2.58. The molecule has 0 aliphatic heterocycles. The van der Waals surface area contributed by atoms with Gasteiger partial charge in [0.1, 0.15) is 0 Å². The van der Waals surface area contributed by atoms with Crippen molar-refractivity contribution in [3.05, 3.63) is 23.8 Å². The van der Waals surface area contributed by atoms with Crippen molar-refractivity contribution in [3.63, 3.8) is 0 Å². The third kappa shape index (κ3) is 4.27. The summed E-state index contributed by atoms with van der Waals surface area (Å²) in [4.78, 5) is 2.42. The summed E-state index contributed by atoms with van der Waals surface area (Å²) in [7, 11) is 0. The lowest BCUT2D eigenvalue weighted by Crippen LogP contribution is -2.34. The van der Waals surface area contributed by atoms with Gasteiger partial charge in [0, 0.05) is 24.0 Å². The molecule has 0 saturated heterocycles. The summed E-state index contributed by atoms with van der Waals surface area (Å²) in [5, 5.41) is 3.54. The van der Waals surface area contributed by atoms with Crippen LogP contribution in [-0.4, -0.2) is 30.6 Å². The predicted molar refractivity (Wildman–Crippen MR) is 76.5 cm³/mol. The second kappa shape index (κ2) is 6.50. The molecule has 0 amide bonds. The van der Waals surface area contributed by atoms with E-state index in [1.165, 1.54) is 11.3 Å². The summed E-state index contributed by atoms with van der Waals surface area (Å²) in [5.41, 5.74) is 8.95. The number of anilines is 2. The number of rotatable bonds is 6. The van der Waals surface area contributed by atoms with Crippen LogP contribution in [0.25, 0.3) is 0 Å². The monoisotopic (exact) mass is 235 g/mol. The van der Waals surface area contributed by atoms with Crippen LogP contribution in [0.5, 0.6) is 0 Å². The fourth-order valence-electron chi connectivity index (χ4n) is 2.03. The zero-order chi connectivity index (χ0) is 12.8. The van der Waals surface area contributed by atoms with Gasteiger partial charge in [-0.05, 0) is 50.7 Å². The lowest BCUT2D eigenvalue weighted by Gasteiger charge is -2.24. The molecule has 0 aliphatic rings. The number of aryl methyl sites for hydroxylation is 1. The zero-order valence-corrected chi connectivity index (χ0v) is 11.5. The van der Waals surface area contributed by atoms with Gasteiger partial charge < -0.3 is 16.0 Å². The smallest absolute Gasteiger partial charge is 0.0373 e. The van der Waals surface area contributed by atoms with E-state index < -0.39 is 0 Å². The number of nitrogens with one attached hydrogen (secondary N) is 1. The molecule has 96 valence electrons. The molecule has 3 N–H and O–H groups in total. The van der Waals surface area contributed by atoms with Gasteiger partial charge in [0.2, 0.25) is 0 Å². The average Bonchev–Trinajstić information content (AvgIpc) is 2.29. The van der Waals surface area contributed by atoms with Gasteiger partial charge in [-0.1, -0.05) is 13.8 Å². The van der Waals surface area contributed by atoms with Crippen molar-refractivity contribution in [1.29, 1.82) is 0 Å². The number of hydrogen-bond donors (Lipinski definition) is 2. The molecule has 1 atom stereocenters. The standard InChI is InChI=1S/C14H25N3/c1-5-17(6-2)10-12(4)16-14-8-7-13(15)9-11(14)3/h7-9,12,16H,5-6,10,15H2,1-4H3. The van der Waals surface area contributed by atoms with E-state index in [0.29, 0.717) is 6.04 Å². The maximum Gasteiger partial charge on any atom is 0.0373 e. The zero-order valence-electron chi connectivity index (χ0n) is 11.5. The van der Waals surface area contributed by atoms with Crippen molar-refractivity contribution in [3.8, 4) is 0 Å². The number of hydrogen-bond acceptors (Lipinski definition) is 3. The maximum atomic E-state index is 5.75. The van der Waals surface area contributed by atoms with Gasteiger partial charge in [-0.25, -0.2) is 0 Å². The highest BCUT2D eigenvalue weighted by Gasteiger charge is 2.08. The summed E-state index contributed by atoms with van der Waals surface area (Å²) in [5.74, 6) is 0. The van der Waals surface area contributed by atoms with Gasteiger partial charge >= 0.3 is 0 Å². The molecule has 0 bridgehead atoms. The normalized spacial score (nSPS) is 12.8. The number of nitrogen functional groups attached to an aromatic ring is 1. The first-order valence-corrected chi connectivity index (χ1v) is 6.41. The molecular weight excluding hydrogens is 210 g/mol. The van der Waals surface area contributed by atoms with Crippen molar-refractivity contribution in [2.75, 3.05) is 30.7 Å². The van der Waals surface area contributed by atoms with Crippen molar-refractivity contribution in [1.82, 2.24) is 4.90 Å². The van der Waals surface area contributed by atoms with E-state index in [1.54, 1.807) is 0 Å². The molecule has 0 heterocycles. The molecule has 0 saturated carbocycles. The molecule has 1 unspecified atom stereocenters. The number of nitrogens with zero attached hydrogens (tertiary/aromatic N) is 1. The summed E-state index contributed by atoms with van der Waals surface area (Å²) in [6.07, 6.45) is 0. The average molecular weight is 235 g/mol. The molecule has 1 aromatic carbocycles. The van der Waals surface area contributed by atoms with Crippen LogP contribution in [0.1, 0.15) is 26.3 Å². The first-order chi connectivity index (χ1) is 8.06. The summed E-state index contributed by atoms with van der Waals surface area (Å²) in [6, 6.07) is 6.45. The Kier molecular flexibility index (Phi) is 5.29. The van der Waals surface area contributed by atoms with Gasteiger partial charge in [-0.2, -0.15) is 0 Å². The molecule has 0 aromatic heterocycles. The molecule has 0 spiro atoms. The van der Waals surface area contributed by atoms with Crippen molar-refractivity contribution in [2.45, 2.75) is 33.7 Å². The van der Waals surface area contributed by atoms with Crippen LogP contribution in [0.2, 0.25) is 0 Å². The number of likely N-dealkylation sites (N-methyl/N-ethyl adjacent to an activating group) is 1. The van der Waals surface area contributed by atoms with Crippen molar-refractivity contribution >= 4 is 11.4 Å². The highest BCUT2D eigenvalue weighted by atomic mass is 15.1. The Hall–Kier alpha value is -1.22. The van der Waals surface area contributed by atoms with E-state index >= 15 is 0 Å². The Morgan fingerprint density at radius 3 is 2.47 bits per heavy atom. The molecule has 1 rings (SSSR count). The van der Waals surface area contributed by atoms with E-state index in [-0.39, 0.29) is 0 Å². The third-order valence-corrected chi connectivity index (χ3v) is 3.08. The van der Waals surface area contributed by atoms with Crippen LogP contribution in [-0.2, 0) is 0 Å². The lowest BCUT2D eigenvalue weighted by molar-refractivity contribution is 0.295. The Bertz CT molecular complexity index is 345. The quantitative estimate of drug-likeness (QED) is 0.745. The third-order valence-electron chi connectivity index (χ3n) is 3.08. The number of nitrogens with two attached hydrogens (primary N) is 1. The SMILES string of the molecule is CCN(CC)CC(C)Nc1ccc(N)cc1C. The Labute approximate surface area is 105 Å². The highest BCUT2D eigenvalue weighted by molar-refractivity contribution is 5.57. The molecule has 3 heteroatoms. The fraction of sp³-hybridized carbons (Fsp3) is 0.571. The van der Waals surface area contributed by atoms with Gasteiger partial charge in [-0.3, -0.25) is 0 Å². The van der Waals surface area contributed by atoms with Crippen LogP contribution in [0, 0.1) is 6.92 Å². The topological polar surface area (TPSA) is 41.3 Å². The predicted octanol–water partition coefficient (Wildman–Crippen LogP) is 2.72. The molecule has 0 aliphatic carbocycles. The summed E-state index contributed by atoms with van der Waals surface area (Å²) in [6.45, 7) is 12.0. The van der Waals surface area contributed by atoms with Crippen LogP contribution >= 0.6 is 0 Å². The minimum Gasteiger partial charge on any atom is -0.399 e. The Morgan fingerprint density at radius 1 is 1.29 bits per heavy atom. The summed E-state index contributed by atoms with van der Waals surface area (Å²) < 4.78 is 0. The van der Waals surface area contributed by atoms with Gasteiger partial charge in [0.25, 0.3) is 0 Å². The van der Waals surface area contributed by atoms with E-state index in [0.717, 1.165) is 25.3 Å². The first kappa shape index (κ1) is 13.8. The minimum absolute atomic E-state index is 0.442. The molecular formula is C14H25N3. The molecule has 1 aromatic rings. The Morgan fingerprint density at radius 2 is 1.94 bits per heavy atom. The van der Waals surface area contributed by atoms with Gasteiger partial charge in [-0.15, -0.1) is 0 Å². The minimum atomic E-state index is 0.442. The molecule has 0 fully saturated rings. The highest BCUT2D eigenvalue weighted by Crippen LogP contribution is 2.18. The second-order valence-corrected chi connectivity index (χ2v) is 4.61. The van der Waals surface area contributed by atoms with Crippen LogP contribution < -0.4 is 11.1 Å². The molecule has 3 nitrogen and oxygen atoms in total. The van der Waals surface area contributed by atoms with E-state index in [4.69, 9.17) is 5.73 Å². The van der Waals surface area contributed by atoms with E-state index in [1.807, 2.05) is 12.1 Å². The van der Waals surface area contributed by atoms with Gasteiger partial charge in [0.15, 0.2) is 0 Å². The van der Waals surface area contributed by atoms with E-state index in [9.17, 15) is 0 Å². The lowest BCUT2D eigenvalue weighted by atomic mass is 10.1. The number of benzene rings is 1. The van der Waals surface area contributed by atoms with Crippen molar-refractivity contribution in [2.24, 2.45) is 0 Å². The molecule has 17 heavy (non-hydrogen) atoms. The first-order valence-electron chi connectivity index (χ1n) is 6.41. The summed E-state index contributed by atoms with van der Waals surface area (Å²) >= 11 is 0. The van der Waals surface area contributed by atoms with E-state index in [2.05, 4.69) is 44.0 Å². The fourth-order valence-corrected chi connectivity index (χ4v) is 2.03. The maximum absolute atomic E-state index is 5.75.